The van der Waals surface area contributed by atoms with Gasteiger partial charge in [0, 0.05) is 0 Å². The Kier molecular flexibility index (Phi) is 8.43. The minimum atomic E-state index is -0.0998. The van der Waals surface area contributed by atoms with Gasteiger partial charge in [-0.2, -0.15) is 0 Å². The van der Waals surface area contributed by atoms with E-state index in [2.05, 4.69) is 68.5 Å². The molecule has 1 heteroatoms. The quantitative estimate of drug-likeness (QED) is 0.382. The van der Waals surface area contributed by atoms with Gasteiger partial charge in [0.1, 0.15) is 0 Å². The van der Waals surface area contributed by atoms with Gasteiger partial charge in [-0.25, -0.2) is 0 Å². The van der Waals surface area contributed by atoms with Crippen LogP contribution in [0.5, 0.6) is 0 Å². The van der Waals surface area contributed by atoms with Crippen molar-refractivity contribution in [2.75, 3.05) is 0 Å². The van der Waals surface area contributed by atoms with Crippen LogP contribution in [0, 0.1) is 0 Å². The molecular weight excluding hydrogens is 391 g/mol. The lowest BCUT2D eigenvalue weighted by molar-refractivity contribution is 0.487. The maximum atomic E-state index is 2.52. The van der Waals surface area contributed by atoms with Gasteiger partial charge in [0.25, 0.3) is 0 Å². The van der Waals surface area contributed by atoms with E-state index in [0.717, 1.165) is 24.2 Å². The zero-order chi connectivity index (χ0) is 21.5. The van der Waals surface area contributed by atoms with Crippen LogP contribution >= 0.6 is 7.92 Å². The molecule has 31 heavy (non-hydrogen) atoms. The van der Waals surface area contributed by atoms with Crippen LogP contribution in [0.25, 0.3) is 16.7 Å². The summed E-state index contributed by atoms with van der Waals surface area (Å²) in [6, 6.07) is 18.8. The Morgan fingerprint density at radius 1 is 0.742 bits per heavy atom. The second kappa shape index (κ2) is 11.5. The zero-order valence-electron chi connectivity index (χ0n) is 19.8. The first kappa shape index (κ1) is 22.8. The van der Waals surface area contributed by atoms with Gasteiger partial charge < -0.3 is 0 Å². The maximum Gasteiger partial charge on any atom is -0.0101 e. The number of hydrogen-bond acceptors (Lipinski definition) is 0. The minimum absolute atomic E-state index is 0.0998. The van der Waals surface area contributed by atoms with Crippen LogP contribution < -0.4 is 5.30 Å². The third-order valence-corrected chi connectivity index (χ3v) is 11.1. The molecule has 2 aromatic rings. The van der Waals surface area contributed by atoms with Crippen LogP contribution in [0.1, 0.15) is 96.5 Å². The predicted octanol–water partition coefficient (Wildman–Crippen LogP) is 9.33. The number of hydrogen-bond donors (Lipinski definition) is 0. The molecule has 0 radical (unpaired) electrons. The molecule has 0 atom stereocenters. The summed E-state index contributed by atoms with van der Waals surface area (Å²) in [6.07, 6.45) is 19.2. The molecule has 0 nitrogen and oxygen atoms in total. The van der Waals surface area contributed by atoms with Gasteiger partial charge in [-0.1, -0.05) is 115 Å². The molecular formula is C30H41P. The van der Waals surface area contributed by atoms with Crippen molar-refractivity contribution in [3.63, 3.8) is 0 Å². The molecule has 4 rings (SSSR count). The minimum Gasteiger partial charge on any atom is -0.0810 e. The van der Waals surface area contributed by atoms with Crippen molar-refractivity contribution in [1.29, 1.82) is 0 Å². The van der Waals surface area contributed by atoms with E-state index in [4.69, 9.17) is 0 Å². The maximum absolute atomic E-state index is 2.52. The summed E-state index contributed by atoms with van der Waals surface area (Å²) in [7, 11) is -0.0998. The van der Waals surface area contributed by atoms with Crippen molar-refractivity contribution >= 4 is 18.8 Å². The molecule has 0 spiro atoms. The normalized spacial score (nSPS) is 19.1. The Morgan fingerprint density at radius 3 is 1.87 bits per heavy atom. The van der Waals surface area contributed by atoms with Crippen molar-refractivity contribution in [3.05, 3.63) is 60.2 Å². The van der Waals surface area contributed by atoms with Gasteiger partial charge in [0.2, 0.25) is 0 Å². The molecule has 0 saturated heterocycles. The summed E-state index contributed by atoms with van der Waals surface area (Å²) < 4.78 is 0. The lowest BCUT2D eigenvalue weighted by atomic mass is 9.92. The van der Waals surface area contributed by atoms with E-state index < -0.39 is 0 Å². The van der Waals surface area contributed by atoms with Gasteiger partial charge >= 0.3 is 0 Å². The highest BCUT2D eigenvalue weighted by Crippen LogP contribution is 2.56. The molecule has 0 amide bonds. The lowest BCUT2D eigenvalue weighted by Crippen LogP contribution is -2.27. The van der Waals surface area contributed by atoms with E-state index in [9.17, 15) is 0 Å². The molecule has 2 fully saturated rings. The summed E-state index contributed by atoms with van der Waals surface area (Å²) in [5.74, 6) is 0. The lowest BCUT2D eigenvalue weighted by Gasteiger charge is -2.39. The summed E-state index contributed by atoms with van der Waals surface area (Å²) in [5.41, 5.74) is 7.86. The molecule has 0 unspecified atom stereocenters. The Balaban J connectivity index is 1.81. The van der Waals surface area contributed by atoms with Crippen molar-refractivity contribution < 1.29 is 0 Å². The predicted molar refractivity (Wildman–Crippen MR) is 141 cm³/mol. The van der Waals surface area contributed by atoms with Crippen LogP contribution in [-0.2, 0) is 0 Å². The van der Waals surface area contributed by atoms with Crippen LogP contribution in [0.15, 0.2) is 54.6 Å². The summed E-state index contributed by atoms with van der Waals surface area (Å²) >= 11 is 0. The molecule has 0 aliphatic heterocycles. The fourth-order valence-electron chi connectivity index (χ4n) is 6.03. The second-order valence-electron chi connectivity index (χ2n) is 9.54. The van der Waals surface area contributed by atoms with E-state index in [0.29, 0.717) is 0 Å². The number of benzene rings is 2. The topological polar surface area (TPSA) is 0 Å². The fourth-order valence-corrected chi connectivity index (χ4v) is 9.98. The third-order valence-electron chi connectivity index (χ3n) is 7.51. The van der Waals surface area contributed by atoms with E-state index in [1.807, 2.05) is 0 Å². The van der Waals surface area contributed by atoms with Crippen LogP contribution in [-0.4, -0.2) is 11.3 Å². The van der Waals surface area contributed by atoms with Gasteiger partial charge in [-0.05, 0) is 77.4 Å². The van der Waals surface area contributed by atoms with Crippen molar-refractivity contribution in [2.24, 2.45) is 0 Å². The highest BCUT2D eigenvalue weighted by atomic mass is 31.1. The molecule has 0 N–H and O–H groups in total. The van der Waals surface area contributed by atoms with E-state index in [-0.39, 0.29) is 7.92 Å². The van der Waals surface area contributed by atoms with E-state index in [1.54, 1.807) is 5.30 Å². The van der Waals surface area contributed by atoms with Crippen LogP contribution in [0.3, 0.4) is 0 Å². The third kappa shape index (κ3) is 5.34. The Morgan fingerprint density at radius 2 is 1.29 bits per heavy atom. The standard InChI is InChI=1S/C30H41P/c1-3-15-24(4-2)27-20-11-12-21-28(27)29-22-13-14-23-30(29)31(25-16-7-5-8-17-25)26-18-9-6-10-19-26/h11-15,20-23,25-26H,3-10,16-19H2,1-2H3/b24-15+. The van der Waals surface area contributed by atoms with Crippen molar-refractivity contribution in [3.8, 4) is 11.1 Å². The molecule has 0 bridgehead atoms. The largest absolute Gasteiger partial charge is 0.0810 e. The number of rotatable bonds is 7. The molecule has 2 saturated carbocycles. The van der Waals surface area contributed by atoms with E-state index in [1.165, 1.54) is 86.5 Å². The Bertz CT molecular complexity index is 834. The summed E-state index contributed by atoms with van der Waals surface area (Å²) in [5, 5.41) is 1.72. The average molecular weight is 433 g/mol. The zero-order valence-corrected chi connectivity index (χ0v) is 20.7. The Labute approximate surface area is 192 Å². The molecule has 166 valence electrons. The average Bonchev–Trinajstić information content (AvgIpc) is 2.84. The highest BCUT2D eigenvalue weighted by molar-refractivity contribution is 7.67. The smallest absolute Gasteiger partial charge is 0.0101 e. The first-order chi connectivity index (χ1) is 15.3. The van der Waals surface area contributed by atoms with Gasteiger partial charge in [0.15, 0.2) is 0 Å². The molecule has 2 aliphatic rings. The molecule has 0 heterocycles. The van der Waals surface area contributed by atoms with Gasteiger partial charge in [-0.3, -0.25) is 0 Å². The van der Waals surface area contributed by atoms with Crippen LogP contribution in [0.4, 0.5) is 0 Å². The molecule has 0 aromatic heterocycles. The highest BCUT2D eigenvalue weighted by Gasteiger charge is 2.33. The van der Waals surface area contributed by atoms with Gasteiger partial charge in [-0.15, -0.1) is 0 Å². The first-order valence-electron chi connectivity index (χ1n) is 13.0. The summed E-state index contributed by atoms with van der Waals surface area (Å²) in [4.78, 5) is 0. The van der Waals surface area contributed by atoms with E-state index >= 15 is 0 Å². The van der Waals surface area contributed by atoms with Crippen LogP contribution in [0.2, 0.25) is 0 Å². The monoisotopic (exact) mass is 432 g/mol. The Hall–Kier alpha value is -1.39. The second-order valence-corrected chi connectivity index (χ2v) is 12.3. The number of allylic oxidation sites excluding steroid dienone is 2. The molecule has 2 aromatic carbocycles. The first-order valence-corrected chi connectivity index (χ1v) is 14.5. The van der Waals surface area contributed by atoms with Crippen molar-refractivity contribution in [2.45, 2.75) is 102 Å². The fraction of sp³-hybridized carbons (Fsp3) is 0.533. The van der Waals surface area contributed by atoms with Gasteiger partial charge in [0.05, 0.1) is 0 Å². The molecule has 2 aliphatic carbocycles. The SMILES string of the molecule is CC/C=C(\CC)c1ccccc1-c1ccccc1P(C1CCCCC1)C1CCCCC1. The summed E-state index contributed by atoms with van der Waals surface area (Å²) in [6.45, 7) is 4.57. The van der Waals surface area contributed by atoms with Crippen molar-refractivity contribution in [1.82, 2.24) is 0 Å².